The van der Waals surface area contributed by atoms with Gasteiger partial charge in [-0.05, 0) is 45.2 Å². The molecule has 0 bridgehead atoms. The monoisotopic (exact) mass is 497 g/mol. The molecular weight excluding hydrogens is 466 g/mol. The predicted molar refractivity (Wildman–Crippen MR) is 146 cm³/mol. The minimum atomic E-state index is 0.0296. The molecule has 5 rings (SSSR count). The molecule has 3 heterocycles. The molecule has 2 aromatic carbocycles. The number of carbonyl (C=O) groups is 1. The number of aryl methyl sites for hydroxylation is 3. The van der Waals surface area contributed by atoms with Crippen LogP contribution in [0.5, 0.6) is 0 Å². The summed E-state index contributed by atoms with van der Waals surface area (Å²) in [5.74, 6) is 0.933. The molecule has 6 nitrogen and oxygen atoms in total. The Balaban J connectivity index is 1.13. The molecule has 1 fully saturated rings. The van der Waals surface area contributed by atoms with Crippen molar-refractivity contribution in [3.63, 3.8) is 0 Å². The van der Waals surface area contributed by atoms with Crippen LogP contribution in [0.15, 0.2) is 60.0 Å². The van der Waals surface area contributed by atoms with Crippen LogP contribution in [0.3, 0.4) is 0 Å². The number of rotatable bonds is 6. The number of anilines is 1. The Kier molecular flexibility index (Phi) is 7.09. The highest BCUT2D eigenvalue weighted by molar-refractivity contribution is 7.13. The Morgan fingerprint density at radius 1 is 0.917 bits per heavy atom. The molecule has 0 saturated carbocycles. The quantitative estimate of drug-likeness (QED) is 0.369. The fourth-order valence-electron chi connectivity index (χ4n) is 4.55. The van der Waals surface area contributed by atoms with E-state index in [0.29, 0.717) is 6.54 Å². The van der Waals surface area contributed by atoms with E-state index in [-0.39, 0.29) is 11.8 Å². The van der Waals surface area contributed by atoms with Crippen LogP contribution in [-0.2, 0) is 11.3 Å². The van der Waals surface area contributed by atoms with Crippen LogP contribution in [0.2, 0.25) is 0 Å². The normalized spacial score (nSPS) is 14.1. The number of hydrogen-bond acceptors (Lipinski definition) is 6. The number of nitrogens with one attached hydrogen (secondary N) is 1. The smallest absolute Gasteiger partial charge is 0.225 e. The predicted octanol–water partition coefficient (Wildman–Crippen LogP) is 5.73. The molecule has 36 heavy (non-hydrogen) atoms. The van der Waals surface area contributed by atoms with Crippen LogP contribution in [0.4, 0.5) is 5.95 Å². The maximum absolute atomic E-state index is 12.8. The van der Waals surface area contributed by atoms with Gasteiger partial charge < -0.3 is 10.2 Å². The van der Waals surface area contributed by atoms with Crippen molar-refractivity contribution < 1.29 is 4.79 Å². The molecule has 0 unspecified atom stereocenters. The van der Waals surface area contributed by atoms with Crippen molar-refractivity contribution in [1.82, 2.24) is 20.3 Å². The third-order valence-electron chi connectivity index (χ3n) is 6.64. The van der Waals surface area contributed by atoms with E-state index in [9.17, 15) is 4.79 Å². The van der Waals surface area contributed by atoms with Crippen LogP contribution in [0.25, 0.3) is 21.8 Å². The summed E-state index contributed by atoms with van der Waals surface area (Å²) in [4.78, 5) is 28.9. The van der Waals surface area contributed by atoms with Gasteiger partial charge in [0.25, 0.3) is 0 Å². The highest BCUT2D eigenvalue weighted by Crippen LogP contribution is 2.29. The van der Waals surface area contributed by atoms with Gasteiger partial charge in [-0.2, -0.15) is 0 Å². The highest BCUT2D eigenvalue weighted by Gasteiger charge is 2.26. The van der Waals surface area contributed by atoms with Gasteiger partial charge in [0.2, 0.25) is 11.9 Å². The first-order valence-electron chi connectivity index (χ1n) is 12.4. The lowest BCUT2D eigenvalue weighted by atomic mass is 9.96. The molecule has 0 spiro atoms. The topological polar surface area (TPSA) is 71.0 Å². The average Bonchev–Trinajstić information content (AvgIpc) is 3.38. The molecule has 0 atom stereocenters. The van der Waals surface area contributed by atoms with Crippen LogP contribution >= 0.6 is 11.3 Å². The van der Waals surface area contributed by atoms with E-state index in [1.54, 1.807) is 11.3 Å². The standard InChI is InChI=1S/C29H31N5OS/c1-19-4-8-23(9-5-19)26-18-36-28(33-26)25-10-6-22(7-11-25)17-30-27(35)24-12-14-34(15-13-24)29-31-20(2)16-21(3)32-29/h4-11,16,18,24H,12-15,17H2,1-3H3,(H,30,35). The number of hydrogen-bond donors (Lipinski definition) is 1. The molecule has 1 N–H and O–H groups in total. The summed E-state index contributed by atoms with van der Waals surface area (Å²) in [6, 6.07) is 18.7. The van der Waals surface area contributed by atoms with Crippen LogP contribution in [0, 0.1) is 26.7 Å². The summed E-state index contributed by atoms with van der Waals surface area (Å²) in [6.45, 7) is 8.20. The third-order valence-corrected chi connectivity index (χ3v) is 7.53. The van der Waals surface area contributed by atoms with Crippen molar-refractivity contribution in [2.24, 2.45) is 5.92 Å². The highest BCUT2D eigenvalue weighted by atomic mass is 32.1. The molecule has 0 aliphatic carbocycles. The van der Waals surface area contributed by atoms with Gasteiger partial charge in [-0.3, -0.25) is 4.79 Å². The summed E-state index contributed by atoms with van der Waals surface area (Å²) in [5, 5.41) is 6.23. The Labute approximate surface area is 216 Å². The third kappa shape index (κ3) is 5.62. The van der Waals surface area contributed by atoms with Gasteiger partial charge in [-0.25, -0.2) is 15.0 Å². The number of piperidine rings is 1. The maximum atomic E-state index is 12.8. The van der Waals surface area contributed by atoms with E-state index in [4.69, 9.17) is 4.98 Å². The number of nitrogens with zero attached hydrogens (tertiary/aromatic N) is 4. The largest absolute Gasteiger partial charge is 0.352 e. The van der Waals surface area contributed by atoms with E-state index in [2.05, 4.69) is 81.0 Å². The first-order valence-corrected chi connectivity index (χ1v) is 13.3. The van der Waals surface area contributed by atoms with Gasteiger partial charge >= 0.3 is 0 Å². The summed E-state index contributed by atoms with van der Waals surface area (Å²) < 4.78 is 0. The van der Waals surface area contributed by atoms with Crippen molar-refractivity contribution in [3.8, 4) is 21.8 Å². The minimum absolute atomic E-state index is 0.0296. The Morgan fingerprint density at radius 3 is 2.22 bits per heavy atom. The summed E-state index contributed by atoms with van der Waals surface area (Å²) in [5.41, 5.74) is 7.51. The molecule has 1 amide bonds. The van der Waals surface area contributed by atoms with Crippen molar-refractivity contribution in [2.45, 2.75) is 40.2 Å². The molecule has 1 aliphatic rings. The number of benzene rings is 2. The lowest BCUT2D eigenvalue weighted by Crippen LogP contribution is -2.41. The summed E-state index contributed by atoms with van der Waals surface area (Å²) >= 11 is 1.65. The minimum Gasteiger partial charge on any atom is -0.352 e. The number of amides is 1. The van der Waals surface area contributed by atoms with Gasteiger partial charge in [0.1, 0.15) is 5.01 Å². The van der Waals surface area contributed by atoms with Gasteiger partial charge in [0.05, 0.1) is 5.69 Å². The van der Waals surface area contributed by atoms with E-state index < -0.39 is 0 Å². The van der Waals surface area contributed by atoms with Gasteiger partial charge in [0, 0.05) is 53.4 Å². The zero-order valence-corrected chi connectivity index (χ0v) is 21.8. The van der Waals surface area contributed by atoms with Crippen LogP contribution in [0.1, 0.15) is 35.4 Å². The molecule has 1 saturated heterocycles. The van der Waals surface area contributed by atoms with Crippen molar-refractivity contribution in [2.75, 3.05) is 18.0 Å². The van der Waals surface area contributed by atoms with Crippen molar-refractivity contribution in [1.29, 1.82) is 0 Å². The second kappa shape index (κ2) is 10.6. The lowest BCUT2D eigenvalue weighted by molar-refractivity contribution is -0.125. The maximum Gasteiger partial charge on any atom is 0.225 e. The molecular formula is C29H31N5OS. The first-order chi connectivity index (χ1) is 17.4. The number of thiazole rings is 1. The zero-order valence-electron chi connectivity index (χ0n) is 21.0. The average molecular weight is 498 g/mol. The summed E-state index contributed by atoms with van der Waals surface area (Å²) in [7, 11) is 0. The number of carbonyl (C=O) groups excluding carboxylic acids is 1. The molecule has 7 heteroatoms. The fourth-order valence-corrected chi connectivity index (χ4v) is 5.39. The second-order valence-electron chi connectivity index (χ2n) is 9.53. The molecule has 0 radical (unpaired) electrons. The van der Waals surface area contributed by atoms with E-state index in [1.165, 1.54) is 5.56 Å². The Morgan fingerprint density at radius 2 is 1.56 bits per heavy atom. The summed E-state index contributed by atoms with van der Waals surface area (Å²) in [6.07, 6.45) is 1.63. The Hall–Kier alpha value is -3.58. The van der Waals surface area contributed by atoms with E-state index in [0.717, 1.165) is 70.7 Å². The van der Waals surface area contributed by atoms with Crippen LogP contribution in [-0.4, -0.2) is 33.9 Å². The SMILES string of the molecule is Cc1ccc(-c2csc(-c3ccc(CNC(=O)C4CCN(c5nc(C)cc(C)n5)CC4)cc3)n2)cc1. The van der Waals surface area contributed by atoms with Crippen molar-refractivity contribution >= 4 is 23.2 Å². The molecule has 184 valence electrons. The molecule has 2 aromatic heterocycles. The van der Waals surface area contributed by atoms with Crippen LogP contribution < -0.4 is 10.2 Å². The Bertz CT molecular complexity index is 1320. The first kappa shape index (κ1) is 24.1. The lowest BCUT2D eigenvalue weighted by Gasteiger charge is -2.31. The molecule has 4 aromatic rings. The van der Waals surface area contributed by atoms with E-state index >= 15 is 0 Å². The number of aromatic nitrogens is 3. The molecule has 1 aliphatic heterocycles. The second-order valence-corrected chi connectivity index (χ2v) is 10.4. The van der Waals surface area contributed by atoms with Gasteiger partial charge in [-0.1, -0.05) is 54.1 Å². The van der Waals surface area contributed by atoms with Gasteiger partial charge in [0.15, 0.2) is 0 Å². The fraction of sp³-hybridized carbons (Fsp3) is 0.310. The van der Waals surface area contributed by atoms with Crippen molar-refractivity contribution in [3.05, 3.63) is 82.5 Å². The van der Waals surface area contributed by atoms with E-state index in [1.807, 2.05) is 19.9 Å². The van der Waals surface area contributed by atoms with Gasteiger partial charge in [-0.15, -0.1) is 11.3 Å². The zero-order chi connectivity index (χ0) is 25.1.